The molecule has 0 atom stereocenters. The molecular weight excluding hydrogens is 582 g/mol. The van der Waals surface area contributed by atoms with Gasteiger partial charge in [-0.1, -0.05) is 78.3 Å². The van der Waals surface area contributed by atoms with Gasteiger partial charge < -0.3 is 25.8 Å². The zero-order valence-electron chi connectivity index (χ0n) is 23.5. The Morgan fingerprint density at radius 1 is 0.750 bits per heavy atom. The van der Waals surface area contributed by atoms with Crippen LogP contribution in [0, 0.1) is 0 Å². The number of halogens is 1. The van der Waals surface area contributed by atoms with Crippen molar-refractivity contribution < 1.29 is 19.4 Å². The fourth-order valence-electron chi connectivity index (χ4n) is 4.34. The number of ether oxygens (including phenoxy) is 1. The second-order valence-electron chi connectivity index (χ2n) is 9.36. The first-order valence-corrected chi connectivity index (χ1v) is 13.9. The third-order valence-electron chi connectivity index (χ3n) is 6.37. The Balaban J connectivity index is 1.51. The lowest BCUT2D eigenvalue weighted by atomic mass is 10.0. The Bertz CT molecular complexity index is 1790. The number of amides is 2. The SMILES string of the molecule is COc1ccccc1NC(=O)Nc1nc(Nc2ccccc2-c2ccccc2)nc(-c2cccc(NCCC(=O)O)c2Cl)n1. The number of anilines is 5. The largest absolute Gasteiger partial charge is 0.495 e. The van der Waals surface area contributed by atoms with Crippen LogP contribution < -0.4 is 26.0 Å². The highest BCUT2D eigenvalue weighted by molar-refractivity contribution is 6.35. The summed E-state index contributed by atoms with van der Waals surface area (Å²) in [5.74, 6) is -0.151. The van der Waals surface area contributed by atoms with Crippen LogP contribution in [0.3, 0.4) is 0 Å². The summed E-state index contributed by atoms with van der Waals surface area (Å²) in [5.41, 5.74) is 4.06. The summed E-state index contributed by atoms with van der Waals surface area (Å²) in [6, 6.07) is 29.1. The number of carboxylic acid groups (broad SMARTS) is 1. The van der Waals surface area contributed by atoms with Crippen LogP contribution in [0.4, 0.5) is 33.8 Å². The van der Waals surface area contributed by atoms with Gasteiger partial charge in [0.1, 0.15) is 5.75 Å². The predicted molar refractivity (Wildman–Crippen MR) is 172 cm³/mol. The molecule has 0 spiro atoms. The van der Waals surface area contributed by atoms with E-state index in [9.17, 15) is 9.59 Å². The standard InChI is InChI=1S/C32H28ClN7O4/c1-44-26-17-8-7-15-24(26)36-32(43)40-31-38-29(22-13-9-16-25(28(22)33)34-19-18-27(41)42)37-30(39-31)35-23-14-6-5-12-21(23)20-10-3-2-4-11-20/h2-17,34H,18-19H2,1H3,(H,41,42)(H3,35,36,37,38,39,40,43). The Labute approximate surface area is 258 Å². The number of benzene rings is 4. The summed E-state index contributed by atoms with van der Waals surface area (Å²) in [7, 11) is 1.51. The Morgan fingerprint density at radius 2 is 1.41 bits per heavy atom. The maximum Gasteiger partial charge on any atom is 0.326 e. The van der Waals surface area contributed by atoms with Gasteiger partial charge in [0, 0.05) is 23.4 Å². The molecule has 0 saturated heterocycles. The number of aromatic nitrogens is 3. The lowest BCUT2D eigenvalue weighted by Crippen LogP contribution is -2.22. The van der Waals surface area contributed by atoms with E-state index >= 15 is 0 Å². The Kier molecular flexibility index (Phi) is 9.48. The van der Waals surface area contributed by atoms with Crippen molar-refractivity contribution in [3.05, 3.63) is 102 Å². The quantitative estimate of drug-likeness (QED) is 0.105. The van der Waals surface area contributed by atoms with Crippen LogP contribution >= 0.6 is 11.6 Å². The zero-order valence-corrected chi connectivity index (χ0v) is 24.3. The third kappa shape index (κ3) is 7.39. The molecule has 2 amide bonds. The number of carboxylic acids is 1. The van der Waals surface area contributed by atoms with E-state index in [-0.39, 0.29) is 35.7 Å². The number of nitrogens with one attached hydrogen (secondary N) is 4. The van der Waals surface area contributed by atoms with E-state index in [4.69, 9.17) is 21.4 Å². The van der Waals surface area contributed by atoms with Crippen molar-refractivity contribution in [2.45, 2.75) is 6.42 Å². The number of para-hydroxylation sites is 3. The second-order valence-corrected chi connectivity index (χ2v) is 9.74. The van der Waals surface area contributed by atoms with Crippen LogP contribution in [-0.4, -0.2) is 45.7 Å². The maximum absolute atomic E-state index is 13.0. The lowest BCUT2D eigenvalue weighted by molar-refractivity contribution is -0.136. The first-order chi connectivity index (χ1) is 21.4. The van der Waals surface area contributed by atoms with Gasteiger partial charge in [0.15, 0.2) is 5.82 Å². The van der Waals surface area contributed by atoms with Crippen LogP contribution in [-0.2, 0) is 4.79 Å². The third-order valence-corrected chi connectivity index (χ3v) is 6.78. The summed E-state index contributed by atoms with van der Waals surface area (Å²) >= 11 is 6.73. The van der Waals surface area contributed by atoms with Crippen LogP contribution in [0.2, 0.25) is 5.02 Å². The molecule has 0 saturated carbocycles. The predicted octanol–water partition coefficient (Wildman–Crippen LogP) is 7.14. The second kappa shape index (κ2) is 14.0. The monoisotopic (exact) mass is 609 g/mol. The molecule has 0 unspecified atom stereocenters. The van der Waals surface area contributed by atoms with Crippen molar-refractivity contribution >= 4 is 52.6 Å². The Hall–Kier alpha value is -5.68. The van der Waals surface area contributed by atoms with E-state index in [0.29, 0.717) is 22.7 Å². The van der Waals surface area contributed by atoms with E-state index in [1.54, 1.807) is 42.5 Å². The molecule has 0 fully saturated rings. The van der Waals surface area contributed by atoms with Gasteiger partial charge in [0.05, 0.1) is 29.9 Å². The Morgan fingerprint density at radius 3 is 2.18 bits per heavy atom. The molecule has 1 aromatic heterocycles. The van der Waals surface area contributed by atoms with Crippen molar-refractivity contribution in [3.8, 4) is 28.3 Å². The van der Waals surface area contributed by atoms with Crippen molar-refractivity contribution in [3.63, 3.8) is 0 Å². The molecule has 0 radical (unpaired) electrons. The number of carbonyl (C=O) groups excluding carboxylic acids is 1. The minimum Gasteiger partial charge on any atom is -0.495 e. The van der Waals surface area contributed by atoms with Gasteiger partial charge >= 0.3 is 12.0 Å². The lowest BCUT2D eigenvalue weighted by Gasteiger charge is -2.15. The average molecular weight is 610 g/mol. The van der Waals surface area contributed by atoms with Crippen LogP contribution in [0.1, 0.15) is 6.42 Å². The topological polar surface area (TPSA) is 150 Å². The van der Waals surface area contributed by atoms with E-state index in [0.717, 1.165) is 16.8 Å². The zero-order chi connectivity index (χ0) is 30.9. The van der Waals surface area contributed by atoms with Crippen LogP contribution in [0.5, 0.6) is 5.75 Å². The molecule has 0 aliphatic heterocycles. The van der Waals surface area contributed by atoms with Crippen LogP contribution in [0.25, 0.3) is 22.5 Å². The van der Waals surface area contributed by atoms with E-state index in [1.807, 2.05) is 54.6 Å². The molecule has 11 nitrogen and oxygen atoms in total. The first-order valence-electron chi connectivity index (χ1n) is 13.5. The van der Waals surface area contributed by atoms with E-state index in [2.05, 4.69) is 36.2 Å². The van der Waals surface area contributed by atoms with Gasteiger partial charge in [-0.25, -0.2) is 4.79 Å². The molecule has 0 aliphatic carbocycles. The van der Waals surface area contributed by atoms with Gasteiger partial charge in [-0.15, -0.1) is 0 Å². The minimum atomic E-state index is -0.934. The number of carbonyl (C=O) groups is 2. The highest BCUT2D eigenvalue weighted by Gasteiger charge is 2.17. The van der Waals surface area contributed by atoms with Crippen molar-refractivity contribution in [2.75, 3.05) is 34.9 Å². The van der Waals surface area contributed by atoms with Gasteiger partial charge in [-0.05, 0) is 35.9 Å². The molecule has 0 bridgehead atoms. The molecule has 222 valence electrons. The summed E-state index contributed by atoms with van der Waals surface area (Å²) in [6.45, 7) is 0.175. The molecule has 12 heteroatoms. The number of nitrogens with zero attached hydrogens (tertiary/aromatic N) is 3. The van der Waals surface area contributed by atoms with E-state index < -0.39 is 12.0 Å². The van der Waals surface area contributed by atoms with Gasteiger partial charge in [-0.3, -0.25) is 10.1 Å². The molecule has 5 rings (SSSR count). The highest BCUT2D eigenvalue weighted by Crippen LogP contribution is 2.34. The summed E-state index contributed by atoms with van der Waals surface area (Å²) in [5, 5.41) is 21.0. The number of methoxy groups -OCH3 is 1. The molecule has 5 N–H and O–H groups in total. The normalized spacial score (nSPS) is 10.5. The summed E-state index contributed by atoms with van der Waals surface area (Å²) < 4.78 is 5.33. The molecular formula is C32H28ClN7O4. The highest BCUT2D eigenvalue weighted by atomic mass is 35.5. The fraction of sp³-hybridized carbons (Fsp3) is 0.0938. The number of hydrogen-bond acceptors (Lipinski definition) is 8. The minimum absolute atomic E-state index is 0.0394. The molecule has 1 heterocycles. The van der Waals surface area contributed by atoms with Gasteiger partial charge in [0.2, 0.25) is 11.9 Å². The first kappa shape index (κ1) is 29.8. The number of urea groups is 1. The smallest absolute Gasteiger partial charge is 0.326 e. The number of rotatable bonds is 11. The summed E-state index contributed by atoms with van der Waals surface area (Å²) in [6.07, 6.45) is -0.0867. The molecule has 0 aliphatic rings. The average Bonchev–Trinajstić information content (AvgIpc) is 3.02. The van der Waals surface area contributed by atoms with Crippen molar-refractivity contribution in [1.29, 1.82) is 0 Å². The molecule has 5 aromatic rings. The van der Waals surface area contributed by atoms with Gasteiger partial charge in [0.25, 0.3) is 0 Å². The van der Waals surface area contributed by atoms with Gasteiger partial charge in [-0.2, -0.15) is 15.0 Å². The molecule has 4 aromatic carbocycles. The number of aliphatic carboxylic acids is 1. The van der Waals surface area contributed by atoms with Crippen molar-refractivity contribution in [2.24, 2.45) is 0 Å². The van der Waals surface area contributed by atoms with Crippen LogP contribution in [0.15, 0.2) is 97.1 Å². The number of hydrogen-bond donors (Lipinski definition) is 5. The van der Waals surface area contributed by atoms with E-state index in [1.165, 1.54) is 7.11 Å². The fourth-order valence-corrected chi connectivity index (χ4v) is 4.62. The maximum atomic E-state index is 13.0. The summed E-state index contributed by atoms with van der Waals surface area (Å²) in [4.78, 5) is 37.6. The van der Waals surface area contributed by atoms with Crippen molar-refractivity contribution in [1.82, 2.24) is 15.0 Å². The molecule has 44 heavy (non-hydrogen) atoms.